The van der Waals surface area contributed by atoms with Gasteiger partial charge >= 0.3 is 0 Å². The minimum absolute atomic E-state index is 0.0353. The van der Waals surface area contributed by atoms with E-state index in [-0.39, 0.29) is 17.4 Å². The normalized spacial score (nSPS) is 19.3. The second-order valence-corrected chi connectivity index (χ2v) is 6.96. The summed E-state index contributed by atoms with van der Waals surface area (Å²) in [5, 5.41) is 7.27. The van der Waals surface area contributed by atoms with Crippen molar-refractivity contribution >= 4 is 28.9 Å². The van der Waals surface area contributed by atoms with Gasteiger partial charge in [-0.05, 0) is 32.0 Å². The predicted octanol–water partition coefficient (Wildman–Crippen LogP) is 3.38. The van der Waals surface area contributed by atoms with Crippen LogP contribution in [0.5, 0.6) is 0 Å². The molecule has 0 spiro atoms. The third-order valence-corrected chi connectivity index (χ3v) is 4.33. The van der Waals surface area contributed by atoms with Crippen LogP contribution in [-0.4, -0.2) is 22.8 Å². The van der Waals surface area contributed by atoms with Crippen LogP contribution in [0.2, 0.25) is 0 Å². The van der Waals surface area contributed by atoms with Gasteiger partial charge in [0.25, 0.3) is 0 Å². The number of hydrazone groups is 1. The number of amides is 1. The van der Waals surface area contributed by atoms with Crippen molar-refractivity contribution < 1.29 is 4.79 Å². The van der Waals surface area contributed by atoms with Crippen LogP contribution < -0.4 is 16.5 Å². The van der Waals surface area contributed by atoms with Crippen LogP contribution in [0.1, 0.15) is 84.0 Å². The number of rotatable bonds is 4. The fourth-order valence-corrected chi connectivity index (χ4v) is 3.05. The summed E-state index contributed by atoms with van der Waals surface area (Å²) in [5.74, 6) is 0.0353. The highest BCUT2D eigenvalue weighted by Gasteiger charge is 2.13. The monoisotopic (exact) mass is 340 g/mol. The lowest BCUT2D eigenvalue weighted by Crippen LogP contribution is -2.36. The van der Waals surface area contributed by atoms with Gasteiger partial charge in [0.1, 0.15) is 0 Å². The summed E-state index contributed by atoms with van der Waals surface area (Å²) in [4.78, 5) is 12.2. The summed E-state index contributed by atoms with van der Waals surface area (Å²) < 4.78 is 0. The lowest BCUT2D eigenvalue weighted by molar-refractivity contribution is -0.120. The smallest absolute Gasteiger partial charge is 0.225 e. The minimum atomic E-state index is 0.0353. The molecular formula is C17H32N4OS. The zero-order valence-corrected chi connectivity index (χ0v) is 15.2. The van der Waals surface area contributed by atoms with Crippen molar-refractivity contribution in [3.8, 4) is 0 Å². The third-order valence-electron chi connectivity index (χ3n) is 4.24. The highest BCUT2D eigenvalue weighted by molar-refractivity contribution is 7.80. The molecule has 1 amide bonds. The van der Waals surface area contributed by atoms with E-state index in [1.807, 2.05) is 0 Å². The van der Waals surface area contributed by atoms with Gasteiger partial charge in [-0.1, -0.05) is 57.8 Å². The van der Waals surface area contributed by atoms with Crippen molar-refractivity contribution in [1.82, 2.24) is 10.7 Å². The van der Waals surface area contributed by atoms with Crippen LogP contribution in [0, 0.1) is 0 Å². The van der Waals surface area contributed by atoms with Crippen molar-refractivity contribution in [1.29, 1.82) is 0 Å². The van der Waals surface area contributed by atoms with Gasteiger partial charge in [-0.25, -0.2) is 0 Å². The first kappa shape index (κ1) is 19.9. The van der Waals surface area contributed by atoms with E-state index >= 15 is 0 Å². The first-order valence-electron chi connectivity index (χ1n) is 8.96. The lowest BCUT2D eigenvalue weighted by atomic mass is 9.98. The van der Waals surface area contributed by atoms with Crippen LogP contribution in [0.3, 0.4) is 0 Å². The topological polar surface area (TPSA) is 79.5 Å². The molecule has 4 N–H and O–H groups in total. The predicted molar refractivity (Wildman–Crippen MR) is 100 cm³/mol. The van der Waals surface area contributed by atoms with E-state index in [1.54, 1.807) is 6.92 Å². The molecule has 0 saturated heterocycles. The molecule has 132 valence electrons. The molecule has 1 fully saturated rings. The summed E-state index contributed by atoms with van der Waals surface area (Å²) >= 11 is 4.69. The molecule has 0 aliphatic heterocycles. The minimum Gasteiger partial charge on any atom is -0.375 e. The number of nitrogens with zero attached hydrogens (tertiary/aromatic N) is 1. The molecule has 23 heavy (non-hydrogen) atoms. The van der Waals surface area contributed by atoms with Gasteiger partial charge in [-0.15, -0.1) is 0 Å². The number of hydrogen-bond acceptors (Lipinski definition) is 3. The number of nitrogens with one attached hydrogen (secondary N) is 2. The lowest BCUT2D eigenvalue weighted by Gasteiger charge is -2.19. The van der Waals surface area contributed by atoms with Crippen LogP contribution in [0.25, 0.3) is 0 Å². The van der Waals surface area contributed by atoms with Gasteiger partial charge in [0, 0.05) is 11.8 Å². The van der Waals surface area contributed by atoms with Gasteiger partial charge in [-0.3, -0.25) is 10.2 Å². The van der Waals surface area contributed by atoms with Crippen LogP contribution in [0.4, 0.5) is 0 Å². The molecule has 0 radical (unpaired) electrons. The number of thiocarbonyl (C=S) groups is 1. The Morgan fingerprint density at radius 2 is 1.52 bits per heavy atom. The Labute approximate surface area is 145 Å². The van der Waals surface area contributed by atoms with Crippen molar-refractivity contribution in [2.45, 2.75) is 90.0 Å². The largest absolute Gasteiger partial charge is 0.375 e. The summed E-state index contributed by atoms with van der Waals surface area (Å²) in [6, 6.07) is 0.304. The first-order chi connectivity index (χ1) is 11.1. The molecule has 1 saturated carbocycles. The Morgan fingerprint density at radius 1 is 1.04 bits per heavy atom. The van der Waals surface area contributed by atoms with E-state index in [9.17, 15) is 4.79 Å². The van der Waals surface area contributed by atoms with Gasteiger partial charge in [0.15, 0.2) is 5.11 Å². The Balaban J connectivity index is 2.38. The highest BCUT2D eigenvalue weighted by Crippen LogP contribution is 2.17. The second-order valence-electron chi connectivity index (χ2n) is 6.52. The third kappa shape index (κ3) is 11.1. The van der Waals surface area contributed by atoms with E-state index in [4.69, 9.17) is 5.73 Å². The summed E-state index contributed by atoms with van der Waals surface area (Å²) in [5.41, 5.74) is 8.52. The fourth-order valence-electron chi connectivity index (χ4n) is 3.01. The van der Waals surface area contributed by atoms with Crippen LogP contribution in [-0.2, 0) is 4.79 Å². The van der Waals surface area contributed by atoms with Crippen molar-refractivity contribution in [2.24, 2.45) is 10.8 Å². The average Bonchev–Trinajstić information content (AvgIpc) is 2.48. The molecule has 1 aliphatic carbocycles. The number of hydrogen-bond donors (Lipinski definition) is 3. The van der Waals surface area contributed by atoms with Crippen molar-refractivity contribution in [3.05, 3.63) is 0 Å². The standard InChI is InChI=1S/C17H32N4OS/c1-14(20-21-17(18)23)13-16(22)19-15-11-9-7-5-3-2-4-6-8-10-12-15/h15H,2-13H2,1H3,(H,19,22)(H3,18,21,23). The van der Waals surface area contributed by atoms with Crippen molar-refractivity contribution in [2.75, 3.05) is 0 Å². The molecule has 0 heterocycles. The molecule has 0 unspecified atom stereocenters. The Kier molecular flexibility index (Phi) is 10.6. The van der Waals surface area contributed by atoms with Crippen LogP contribution >= 0.6 is 12.2 Å². The summed E-state index contributed by atoms with van der Waals surface area (Å²) in [6.07, 6.45) is 14.2. The number of carbonyl (C=O) groups excluding carboxylic acids is 1. The van der Waals surface area contributed by atoms with Gasteiger partial charge in [0.05, 0.1) is 6.42 Å². The Hall–Kier alpha value is -1.17. The summed E-state index contributed by atoms with van der Waals surface area (Å²) in [6.45, 7) is 1.80. The van der Waals surface area contributed by atoms with E-state index in [0.29, 0.717) is 11.8 Å². The maximum atomic E-state index is 12.2. The molecule has 0 bridgehead atoms. The molecule has 1 aliphatic rings. The SMILES string of the molecule is CC(CC(=O)NC1CCCCCCCCCCC1)=NNC(N)=S. The fraction of sp³-hybridized carbons (Fsp3) is 0.824. The molecule has 0 aromatic rings. The molecule has 0 aromatic carbocycles. The van der Waals surface area contributed by atoms with E-state index in [0.717, 1.165) is 12.8 Å². The first-order valence-corrected chi connectivity index (χ1v) is 9.36. The molecule has 5 nitrogen and oxygen atoms in total. The zero-order chi connectivity index (χ0) is 16.9. The van der Waals surface area contributed by atoms with Crippen molar-refractivity contribution in [3.63, 3.8) is 0 Å². The maximum Gasteiger partial charge on any atom is 0.225 e. The molecule has 1 rings (SSSR count). The molecule has 0 atom stereocenters. The molecule has 0 aromatic heterocycles. The Morgan fingerprint density at radius 3 is 2.00 bits per heavy atom. The Bertz CT molecular complexity index is 386. The maximum absolute atomic E-state index is 12.2. The second kappa shape index (κ2) is 12.3. The molecular weight excluding hydrogens is 308 g/mol. The van der Waals surface area contributed by atoms with Gasteiger partial charge < -0.3 is 11.1 Å². The van der Waals surface area contributed by atoms with Gasteiger partial charge in [-0.2, -0.15) is 5.10 Å². The van der Waals surface area contributed by atoms with Gasteiger partial charge in [0.2, 0.25) is 5.91 Å². The number of carbonyl (C=O) groups is 1. The van der Waals surface area contributed by atoms with E-state index < -0.39 is 0 Å². The highest BCUT2D eigenvalue weighted by atomic mass is 32.1. The van der Waals surface area contributed by atoms with Crippen LogP contribution in [0.15, 0.2) is 5.10 Å². The quantitative estimate of drug-likeness (QED) is 0.416. The number of nitrogens with two attached hydrogens (primary N) is 1. The summed E-state index contributed by atoms with van der Waals surface area (Å²) in [7, 11) is 0. The van der Waals surface area contributed by atoms with E-state index in [1.165, 1.54) is 57.8 Å². The van der Waals surface area contributed by atoms with E-state index in [2.05, 4.69) is 28.1 Å². The molecule has 6 heteroatoms. The zero-order valence-electron chi connectivity index (χ0n) is 14.4. The average molecular weight is 341 g/mol.